The van der Waals surface area contributed by atoms with Gasteiger partial charge in [-0.1, -0.05) is 13.8 Å². The first-order valence-electron chi connectivity index (χ1n) is 6.86. The van der Waals surface area contributed by atoms with Crippen molar-refractivity contribution in [2.75, 3.05) is 20.3 Å². The zero-order valence-electron chi connectivity index (χ0n) is 12.6. The highest BCUT2D eigenvalue weighted by Crippen LogP contribution is 2.35. The SMILES string of the molecule is CCOCC(NCc1cc(Br)c(O)c(OC)c1)C(C)C. The van der Waals surface area contributed by atoms with Crippen molar-refractivity contribution in [2.24, 2.45) is 5.92 Å². The van der Waals surface area contributed by atoms with Crippen molar-refractivity contribution in [1.29, 1.82) is 0 Å². The van der Waals surface area contributed by atoms with Gasteiger partial charge in [0.15, 0.2) is 11.5 Å². The molecule has 0 aliphatic heterocycles. The molecule has 5 heteroatoms. The molecular weight excluding hydrogens is 322 g/mol. The Bertz CT molecular complexity index is 424. The maximum Gasteiger partial charge on any atom is 0.172 e. The summed E-state index contributed by atoms with van der Waals surface area (Å²) >= 11 is 3.33. The van der Waals surface area contributed by atoms with Crippen molar-refractivity contribution < 1.29 is 14.6 Å². The summed E-state index contributed by atoms with van der Waals surface area (Å²) in [7, 11) is 1.55. The van der Waals surface area contributed by atoms with Crippen LogP contribution in [0.4, 0.5) is 0 Å². The molecule has 1 atom stereocenters. The first-order chi connectivity index (χ1) is 9.49. The van der Waals surface area contributed by atoms with Gasteiger partial charge in [-0.25, -0.2) is 0 Å². The van der Waals surface area contributed by atoms with Crippen molar-refractivity contribution in [2.45, 2.75) is 33.4 Å². The van der Waals surface area contributed by atoms with Gasteiger partial charge in [0, 0.05) is 19.2 Å². The first-order valence-corrected chi connectivity index (χ1v) is 7.65. The Kier molecular flexibility index (Phi) is 7.34. The van der Waals surface area contributed by atoms with Crippen molar-refractivity contribution >= 4 is 15.9 Å². The molecule has 0 amide bonds. The average Bonchev–Trinajstić information content (AvgIpc) is 2.42. The third kappa shape index (κ3) is 4.96. The van der Waals surface area contributed by atoms with Crippen LogP contribution in [0, 0.1) is 5.92 Å². The van der Waals surface area contributed by atoms with Crippen LogP contribution in [0.25, 0.3) is 0 Å². The second kappa shape index (κ2) is 8.49. The molecular formula is C15H24BrNO3. The molecule has 1 aromatic rings. The number of hydrogen-bond acceptors (Lipinski definition) is 4. The third-order valence-corrected chi connectivity index (χ3v) is 3.79. The predicted octanol–water partition coefficient (Wildman–Crippen LogP) is 3.31. The van der Waals surface area contributed by atoms with E-state index in [0.29, 0.717) is 35.3 Å². The van der Waals surface area contributed by atoms with Gasteiger partial charge in [-0.05, 0) is 46.5 Å². The Labute approximate surface area is 129 Å². The van der Waals surface area contributed by atoms with Crippen LogP contribution in [-0.4, -0.2) is 31.5 Å². The van der Waals surface area contributed by atoms with E-state index in [-0.39, 0.29) is 5.75 Å². The molecule has 20 heavy (non-hydrogen) atoms. The molecule has 0 radical (unpaired) electrons. The Morgan fingerprint density at radius 1 is 1.35 bits per heavy atom. The fourth-order valence-corrected chi connectivity index (χ4v) is 2.36. The average molecular weight is 346 g/mol. The number of benzene rings is 1. The molecule has 0 bridgehead atoms. The zero-order chi connectivity index (χ0) is 15.1. The van der Waals surface area contributed by atoms with Gasteiger partial charge in [0.05, 0.1) is 18.2 Å². The van der Waals surface area contributed by atoms with Gasteiger partial charge in [-0.3, -0.25) is 0 Å². The molecule has 1 unspecified atom stereocenters. The minimum atomic E-state index is 0.131. The number of phenolic OH excluding ortho intramolecular Hbond substituents is 1. The largest absolute Gasteiger partial charge is 0.503 e. The molecule has 1 rings (SSSR count). The predicted molar refractivity (Wildman–Crippen MR) is 84.3 cm³/mol. The van der Waals surface area contributed by atoms with E-state index in [1.54, 1.807) is 7.11 Å². The number of phenols is 1. The van der Waals surface area contributed by atoms with Gasteiger partial charge in [0.25, 0.3) is 0 Å². The van der Waals surface area contributed by atoms with Crippen molar-refractivity contribution in [1.82, 2.24) is 5.32 Å². The van der Waals surface area contributed by atoms with E-state index in [9.17, 15) is 5.11 Å². The lowest BCUT2D eigenvalue weighted by molar-refractivity contribution is 0.108. The second-order valence-corrected chi connectivity index (χ2v) is 5.87. The number of ether oxygens (including phenoxy) is 2. The minimum Gasteiger partial charge on any atom is -0.503 e. The molecule has 0 saturated heterocycles. The lowest BCUT2D eigenvalue weighted by Crippen LogP contribution is -2.37. The van der Waals surface area contributed by atoms with Gasteiger partial charge in [-0.15, -0.1) is 0 Å². The molecule has 2 N–H and O–H groups in total. The molecule has 0 heterocycles. The molecule has 0 aliphatic carbocycles. The smallest absolute Gasteiger partial charge is 0.172 e. The second-order valence-electron chi connectivity index (χ2n) is 5.02. The van der Waals surface area contributed by atoms with Crippen LogP contribution in [0.3, 0.4) is 0 Å². The van der Waals surface area contributed by atoms with Crippen LogP contribution in [0.5, 0.6) is 11.5 Å². The van der Waals surface area contributed by atoms with Gasteiger partial charge >= 0.3 is 0 Å². The number of rotatable bonds is 8. The Morgan fingerprint density at radius 2 is 2.05 bits per heavy atom. The summed E-state index contributed by atoms with van der Waals surface area (Å²) in [6.45, 7) is 8.46. The first kappa shape index (κ1) is 17.3. The molecule has 0 saturated carbocycles. The molecule has 0 fully saturated rings. The normalized spacial score (nSPS) is 12.7. The molecule has 0 aliphatic rings. The maximum atomic E-state index is 9.79. The summed E-state index contributed by atoms with van der Waals surface area (Å²) in [6, 6.07) is 4.03. The number of nitrogens with one attached hydrogen (secondary N) is 1. The lowest BCUT2D eigenvalue weighted by atomic mass is 10.0. The summed E-state index contributed by atoms with van der Waals surface area (Å²) in [4.78, 5) is 0. The van der Waals surface area contributed by atoms with E-state index < -0.39 is 0 Å². The Balaban J connectivity index is 2.70. The fraction of sp³-hybridized carbons (Fsp3) is 0.600. The van der Waals surface area contributed by atoms with Crippen LogP contribution in [0.2, 0.25) is 0 Å². The minimum absolute atomic E-state index is 0.131. The van der Waals surface area contributed by atoms with Crippen LogP contribution < -0.4 is 10.1 Å². The van der Waals surface area contributed by atoms with E-state index in [4.69, 9.17) is 9.47 Å². The highest BCUT2D eigenvalue weighted by Gasteiger charge is 2.14. The lowest BCUT2D eigenvalue weighted by Gasteiger charge is -2.22. The molecule has 0 spiro atoms. The summed E-state index contributed by atoms with van der Waals surface area (Å²) < 4.78 is 11.3. The number of hydrogen-bond donors (Lipinski definition) is 2. The van der Waals surface area contributed by atoms with Crippen molar-refractivity contribution in [3.8, 4) is 11.5 Å². The quantitative estimate of drug-likeness (QED) is 0.758. The van der Waals surface area contributed by atoms with Crippen LogP contribution in [0.1, 0.15) is 26.3 Å². The van der Waals surface area contributed by atoms with Gasteiger partial charge in [-0.2, -0.15) is 0 Å². The van der Waals surface area contributed by atoms with E-state index in [2.05, 4.69) is 35.1 Å². The van der Waals surface area contributed by atoms with E-state index in [0.717, 1.165) is 12.2 Å². The topological polar surface area (TPSA) is 50.7 Å². The molecule has 0 aromatic heterocycles. The fourth-order valence-electron chi connectivity index (χ4n) is 1.87. The monoisotopic (exact) mass is 345 g/mol. The summed E-state index contributed by atoms with van der Waals surface area (Å²) in [5.41, 5.74) is 1.05. The van der Waals surface area contributed by atoms with E-state index >= 15 is 0 Å². The molecule has 1 aromatic carbocycles. The van der Waals surface area contributed by atoms with Crippen molar-refractivity contribution in [3.63, 3.8) is 0 Å². The highest BCUT2D eigenvalue weighted by molar-refractivity contribution is 9.10. The molecule has 114 valence electrons. The summed E-state index contributed by atoms with van der Waals surface area (Å²) in [5, 5.41) is 13.3. The van der Waals surface area contributed by atoms with Crippen LogP contribution in [0.15, 0.2) is 16.6 Å². The molecule has 4 nitrogen and oxygen atoms in total. The van der Waals surface area contributed by atoms with E-state index in [1.165, 1.54) is 0 Å². The number of aromatic hydroxyl groups is 1. The van der Waals surface area contributed by atoms with Gasteiger partial charge < -0.3 is 19.9 Å². The van der Waals surface area contributed by atoms with Crippen molar-refractivity contribution in [3.05, 3.63) is 22.2 Å². The Morgan fingerprint density at radius 3 is 2.60 bits per heavy atom. The van der Waals surface area contributed by atoms with Crippen LogP contribution >= 0.6 is 15.9 Å². The number of halogens is 1. The summed E-state index contributed by atoms with van der Waals surface area (Å²) in [5.74, 6) is 1.09. The summed E-state index contributed by atoms with van der Waals surface area (Å²) in [6.07, 6.45) is 0. The highest BCUT2D eigenvalue weighted by atomic mass is 79.9. The third-order valence-electron chi connectivity index (χ3n) is 3.18. The number of methoxy groups -OCH3 is 1. The standard InChI is InChI=1S/C15H24BrNO3/c1-5-20-9-13(10(2)3)17-8-11-6-12(16)15(18)14(7-11)19-4/h6-7,10,13,17-18H,5,8-9H2,1-4H3. The van der Waals surface area contributed by atoms with E-state index in [1.807, 2.05) is 19.1 Å². The maximum absolute atomic E-state index is 9.79. The van der Waals surface area contributed by atoms with Gasteiger partial charge in [0.1, 0.15) is 0 Å². The van der Waals surface area contributed by atoms with Gasteiger partial charge in [0.2, 0.25) is 0 Å². The Hall–Kier alpha value is -0.780. The van der Waals surface area contributed by atoms with Crippen LogP contribution in [-0.2, 0) is 11.3 Å². The zero-order valence-corrected chi connectivity index (χ0v) is 14.2.